The van der Waals surface area contributed by atoms with Gasteiger partial charge in [-0.05, 0) is 0 Å². The van der Waals surface area contributed by atoms with Crippen LogP contribution in [0.15, 0.2) is 205 Å². The molecule has 3 aromatic heterocycles. The maximum atomic E-state index is 6.81. The number of para-hydroxylation sites is 3. The zero-order chi connectivity index (χ0) is 37.5. The van der Waals surface area contributed by atoms with E-state index >= 15 is 0 Å². The van der Waals surface area contributed by atoms with Gasteiger partial charge in [-0.2, -0.15) is 0 Å². The van der Waals surface area contributed by atoms with Crippen LogP contribution in [0.5, 0.6) is 0 Å². The molecule has 1 aliphatic rings. The normalized spacial score (nSPS) is 13.1. The van der Waals surface area contributed by atoms with Gasteiger partial charge in [0.05, 0.1) is 0 Å². The van der Waals surface area contributed by atoms with Crippen LogP contribution in [-0.2, 0) is 0 Å². The van der Waals surface area contributed by atoms with Crippen LogP contribution in [-0.4, -0.2) is 27.8 Å². The van der Waals surface area contributed by atoms with E-state index in [1.54, 1.807) is 0 Å². The molecule has 57 heavy (non-hydrogen) atoms. The number of fused-ring (bicyclic) bond motifs is 10. The van der Waals surface area contributed by atoms with Crippen molar-refractivity contribution in [3.63, 3.8) is 0 Å². The molecule has 4 heterocycles. The average molecular weight is 788 g/mol. The van der Waals surface area contributed by atoms with Crippen LogP contribution in [0, 0.1) is 0 Å². The second kappa shape index (κ2) is 12.5. The first-order chi connectivity index (χ1) is 28.3. The molecule has 0 amide bonds. The van der Waals surface area contributed by atoms with E-state index in [0.29, 0.717) is 0 Å². The van der Waals surface area contributed by atoms with Gasteiger partial charge < -0.3 is 0 Å². The van der Waals surface area contributed by atoms with Crippen LogP contribution in [0.1, 0.15) is 0 Å². The first-order valence-electron chi connectivity index (χ1n) is 19.4. The molecule has 1 aliphatic heterocycles. The van der Waals surface area contributed by atoms with E-state index in [1.165, 1.54) is 28.5 Å². The Morgan fingerprint density at radius 2 is 1.00 bits per heavy atom. The summed E-state index contributed by atoms with van der Waals surface area (Å²) in [6.45, 7) is 0. The molecule has 0 bridgehead atoms. The fourth-order valence-electron chi connectivity index (χ4n) is 9.57. The van der Waals surface area contributed by atoms with E-state index in [4.69, 9.17) is 14.4 Å². The Hall–Kier alpha value is -7.02. The maximum absolute atomic E-state index is 6.81. The summed E-state index contributed by atoms with van der Waals surface area (Å²) in [4.78, 5) is 11.3. The summed E-state index contributed by atoms with van der Waals surface area (Å²) in [5.41, 5.74) is 10.2. The summed E-state index contributed by atoms with van der Waals surface area (Å²) in [6.07, 6.45) is 0. The van der Waals surface area contributed by atoms with Crippen LogP contribution in [0.4, 0.5) is 0 Å². The van der Waals surface area contributed by atoms with Gasteiger partial charge >= 0.3 is 333 Å². The van der Waals surface area contributed by atoms with E-state index in [9.17, 15) is 0 Å². The zero-order valence-electron chi connectivity index (χ0n) is 30.8. The third-order valence-corrected chi connectivity index (χ3v) is 22.1. The number of aromatic nitrogens is 3. The molecular weight excluding hydrogens is 755 g/mol. The Kier molecular flexibility index (Phi) is 7.07. The van der Waals surface area contributed by atoms with Gasteiger partial charge in [-0.15, -0.1) is 0 Å². The first-order valence-corrected chi connectivity index (χ1v) is 23.6. The second-order valence-electron chi connectivity index (χ2n) is 14.8. The van der Waals surface area contributed by atoms with Crippen molar-refractivity contribution < 1.29 is 4.42 Å². The molecule has 8 aromatic carbocycles. The van der Waals surface area contributed by atoms with Gasteiger partial charge in [0.15, 0.2) is 0 Å². The number of nitrogens with zero attached hydrogens (tertiary/aromatic N) is 3. The SMILES string of the molecule is c1ccc(-c2nc(-c3ccccc3-n3c4ccccc4c4ccc5c6ccccc6oc5c43)[c]3c(n2)-c2cccc[c]2[Ge]3([c]2ccccc2)[c]2ccccc2)cc1. The van der Waals surface area contributed by atoms with Crippen LogP contribution >= 0.6 is 0 Å². The summed E-state index contributed by atoms with van der Waals surface area (Å²) >= 11 is -3.82. The van der Waals surface area contributed by atoms with Crippen molar-refractivity contribution in [1.29, 1.82) is 0 Å². The Labute approximate surface area is 331 Å². The van der Waals surface area contributed by atoms with Crippen molar-refractivity contribution >= 4 is 74.6 Å². The Morgan fingerprint density at radius 1 is 0.439 bits per heavy atom. The van der Waals surface area contributed by atoms with Gasteiger partial charge in [0.1, 0.15) is 0 Å². The first kappa shape index (κ1) is 32.2. The van der Waals surface area contributed by atoms with Gasteiger partial charge in [0, 0.05) is 0 Å². The molecule has 0 spiro atoms. The number of benzene rings is 8. The molecule has 5 heteroatoms. The van der Waals surface area contributed by atoms with Crippen LogP contribution in [0.25, 0.3) is 83.3 Å². The average Bonchev–Trinajstić information content (AvgIpc) is 3.94. The van der Waals surface area contributed by atoms with Crippen molar-refractivity contribution in [1.82, 2.24) is 14.5 Å². The zero-order valence-corrected chi connectivity index (χ0v) is 32.9. The molecule has 266 valence electrons. The summed E-state index contributed by atoms with van der Waals surface area (Å²) in [7, 11) is 0. The van der Waals surface area contributed by atoms with Crippen molar-refractivity contribution in [2.24, 2.45) is 0 Å². The predicted octanol–water partition coefficient (Wildman–Crippen LogP) is 10.2. The summed E-state index contributed by atoms with van der Waals surface area (Å²) < 4.78 is 14.6. The number of hydrogen-bond donors (Lipinski definition) is 0. The van der Waals surface area contributed by atoms with E-state index in [2.05, 4.69) is 199 Å². The molecule has 0 saturated heterocycles. The Bertz CT molecular complexity index is 3310. The van der Waals surface area contributed by atoms with E-state index in [1.807, 2.05) is 6.07 Å². The summed E-state index contributed by atoms with van der Waals surface area (Å²) in [6, 6.07) is 72.1. The van der Waals surface area contributed by atoms with Crippen molar-refractivity contribution in [2.45, 2.75) is 0 Å². The number of rotatable bonds is 5. The van der Waals surface area contributed by atoms with Gasteiger partial charge in [-0.3, -0.25) is 0 Å². The van der Waals surface area contributed by atoms with Crippen LogP contribution in [0.3, 0.4) is 0 Å². The summed E-state index contributed by atoms with van der Waals surface area (Å²) in [5, 5.41) is 4.54. The molecule has 0 radical (unpaired) electrons. The molecule has 0 aliphatic carbocycles. The van der Waals surface area contributed by atoms with E-state index in [-0.39, 0.29) is 0 Å². The molecule has 0 atom stereocenters. The molecule has 0 saturated carbocycles. The fourth-order valence-corrected chi connectivity index (χ4v) is 20.5. The van der Waals surface area contributed by atoms with Crippen molar-refractivity contribution in [3.05, 3.63) is 200 Å². The number of furan rings is 1. The number of hydrogen-bond acceptors (Lipinski definition) is 3. The second-order valence-corrected chi connectivity index (χ2v) is 22.6. The molecular formula is C52H33GeN3O. The molecule has 0 N–H and O–H groups in total. The van der Waals surface area contributed by atoms with E-state index < -0.39 is 13.3 Å². The molecule has 11 aromatic rings. The molecule has 0 unspecified atom stereocenters. The predicted molar refractivity (Wildman–Crippen MR) is 237 cm³/mol. The minimum atomic E-state index is -3.82. The molecule has 4 nitrogen and oxygen atoms in total. The molecule has 12 rings (SSSR count). The van der Waals surface area contributed by atoms with Crippen molar-refractivity contribution in [3.8, 4) is 39.6 Å². The standard InChI is InChI=1S/C52H33GeN3O/c1-4-18-34(19-5-1)52-54-48-41-26-10-14-28-43(41)53(35-20-6-2-7-21-35,36-22-8-3-9-23-36)47(48)49(55-52)42-27-12-16-30-45(42)56-44-29-15-11-24-37(44)39-32-33-40-38-25-13-17-31-46(38)57-51(40)50(39)56/h1-33H. The molecule has 0 fully saturated rings. The van der Waals surface area contributed by atoms with Crippen molar-refractivity contribution in [2.75, 3.05) is 0 Å². The van der Waals surface area contributed by atoms with Gasteiger partial charge in [0.25, 0.3) is 0 Å². The Balaban J connectivity index is 1.26. The van der Waals surface area contributed by atoms with Gasteiger partial charge in [-0.1, -0.05) is 0 Å². The Morgan fingerprint density at radius 3 is 1.75 bits per heavy atom. The summed E-state index contributed by atoms with van der Waals surface area (Å²) in [5.74, 6) is 0.718. The van der Waals surface area contributed by atoms with Crippen LogP contribution < -0.4 is 17.6 Å². The third kappa shape index (κ3) is 4.56. The van der Waals surface area contributed by atoms with Gasteiger partial charge in [0.2, 0.25) is 0 Å². The fraction of sp³-hybridized carbons (Fsp3) is 0. The topological polar surface area (TPSA) is 43.9 Å². The monoisotopic (exact) mass is 789 g/mol. The van der Waals surface area contributed by atoms with E-state index in [0.717, 1.165) is 72.4 Å². The quantitative estimate of drug-likeness (QED) is 0.163. The minimum absolute atomic E-state index is 0.718. The van der Waals surface area contributed by atoms with Crippen LogP contribution in [0.2, 0.25) is 0 Å². The third-order valence-electron chi connectivity index (χ3n) is 11.9. The van der Waals surface area contributed by atoms with Gasteiger partial charge in [-0.25, -0.2) is 0 Å².